The van der Waals surface area contributed by atoms with Crippen molar-refractivity contribution in [1.82, 2.24) is 25.3 Å². The molecule has 0 radical (unpaired) electrons. The van der Waals surface area contributed by atoms with E-state index in [2.05, 4.69) is 27.4 Å². The molecule has 298 valence electrons. The van der Waals surface area contributed by atoms with Crippen LogP contribution in [0, 0.1) is 29.6 Å². The lowest BCUT2D eigenvalue weighted by Gasteiger charge is -2.40. The highest BCUT2D eigenvalue weighted by molar-refractivity contribution is 6.02. The number of piperazine rings is 1. The van der Waals surface area contributed by atoms with Gasteiger partial charge in [0.2, 0.25) is 17.7 Å². The predicted molar refractivity (Wildman–Crippen MR) is 207 cm³/mol. The number of piperidine rings is 1. The lowest BCUT2D eigenvalue weighted by atomic mass is 9.68. The molecule has 7 fully saturated rings. The van der Waals surface area contributed by atoms with Gasteiger partial charge >= 0.3 is 0 Å². The highest BCUT2D eigenvalue weighted by Gasteiger charge is 2.48. The molecule has 7 aliphatic rings. The second-order valence-electron chi connectivity index (χ2n) is 18.0. The molecule has 3 aliphatic heterocycles. The topological polar surface area (TPSA) is 114 Å². The van der Waals surface area contributed by atoms with Crippen molar-refractivity contribution >= 4 is 17.7 Å². The van der Waals surface area contributed by atoms with Crippen molar-refractivity contribution in [3.8, 4) is 0 Å². The van der Waals surface area contributed by atoms with Gasteiger partial charge in [-0.05, 0) is 120 Å². The summed E-state index contributed by atoms with van der Waals surface area (Å²) in [5, 5.41) is 16.5. The lowest BCUT2D eigenvalue weighted by Crippen LogP contribution is -2.53. The third-order valence-electron chi connectivity index (χ3n) is 14.8. The number of nitrogens with one attached hydrogen (secondary N) is 2. The lowest BCUT2D eigenvalue weighted by molar-refractivity contribution is -0.144. The Hall–Kier alpha value is -1.85. The molecule has 0 bridgehead atoms. The third kappa shape index (κ3) is 9.94. The molecule has 7 rings (SSSR count). The number of carbonyl (C=O) groups excluding carboxylic acids is 3. The van der Waals surface area contributed by atoms with Crippen LogP contribution in [-0.2, 0) is 19.1 Å². The fourth-order valence-corrected chi connectivity index (χ4v) is 11.8. The Bertz CT molecular complexity index is 1260. The predicted octanol–water partition coefficient (Wildman–Crippen LogP) is 5.04. The molecule has 0 aromatic rings. The molecule has 3 saturated heterocycles. The normalized spacial score (nSPS) is 36.0. The molecule has 10 heteroatoms. The molecule has 10 nitrogen and oxygen atoms in total. The van der Waals surface area contributed by atoms with Crippen molar-refractivity contribution < 1.29 is 24.2 Å². The second-order valence-corrected chi connectivity index (χ2v) is 18.0. The summed E-state index contributed by atoms with van der Waals surface area (Å²) in [5.74, 6) is 2.16. The van der Waals surface area contributed by atoms with Crippen molar-refractivity contribution in [2.75, 3.05) is 59.0 Å². The van der Waals surface area contributed by atoms with E-state index >= 15 is 0 Å². The van der Waals surface area contributed by atoms with Gasteiger partial charge in [0.1, 0.15) is 6.04 Å². The number of fused-ring (bicyclic) bond motifs is 1. The summed E-state index contributed by atoms with van der Waals surface area (Å²) in [4.78, 5) is 44.1. The number of nitrogens with zero attached hydrogens (tertiary/aromatic N) is 3. The molecular formula is C43H71N5O5. The van der Waals surface area contributed by atoms with Crippen LogP contribution in [0.1, 0.15) is 129 Å². The van der Waals surface area contributed by atoms with Crippen LogP contribution >= 0.6 is 0 Å². The van der Waals surface area contributed by atoms with E-state index in [0.29, 0.717) is 43.4 Å². The minimum Gasteiger partial charge on any atom is -0.393 e. The molecule has 4 saturated carbocycles. The van der Waals surface area contributed by atoms with Gasteiger partial charge in [-0.2, -0.15) is 0 Å². The van der Waals surface area contributed by atoms with Gasteiger partial charge in [0, 0.05) is 70.7 Å². The van der Waals surface area contributed by atoms with Gasteiger partial charge in [-0.15, -0.1) is 0 Å². The van der Waals surface area contributed by atoms with Crippen LogP contribution in [0.3, 0.4) is 0 Å². The van der Waals surface area contributed by atoms with Gasteiger partial charge in [-0.3, -0.25) is 29.5 Å². The smallest absolute Gasteiger partial charge is 0.249 e. The fourth-order valence-electron chi connectivity index (χ4n) is 11.8. The quantitative estimate of drug-likeness (QED) is 0.178. The second kappa shape index (κ2) is 18.9. The summed E-state index contributed by atoms with van der Waals surface area (Å²) in [6.07, 6.45) is 21.5. The first-order valence-corrected chi connectivity index (χ1v) is 22.2. The first-order chi connectivity index (χ1) is 25.9. The molecule has 4 aliphatic carbocycles. The van der Waals surface area contributed by atoms with Gasteiger partial charge in [0.25, 0.3) is 0 Å². The van der Waals surface area contributed by atoms with E-state index in [1.165, 1.54) is 77.0 Å². The standard InChI is InChI=1S/C43H71N5O5/c1-2-37(30-6-4-3-5-7-30)41(31-8-13-35(49)14-9-31)32-10-15-36(16-11-32)53-27-26-47-24-22-46(23-25-47)21-20-44-34-12-17-38-33(28-34)29-48(43(38)52)39-18-19-40(50)45-42(39)51/h30-36,38-39,44,49H,2-29H2,1H3,(H,45,50,51)/b41-37-. The van der Waals surface area contributed by atoms with Gasteiger partial charge in [-0.25, -0.2) is 0 Å². The Morgan fingerprint density at radius 3 is 2.15 bits per heavy atom. The number of aliphatic hydroxyl groups is 1. The number of amides is 3. The maximum absolute atomic E-state index is 13.1. The van der Waals surface area contributed by atoms with Crippen LogP contribution in [-0.4, -0.2) is 121 Å². The summed E-state index contributed by atoms with van der Waals surface area (Å²) < 4.78 is 6.55. The number of ether oxygens (including phenoxy) is 1. The monoisotopic (exact) mass is 738 g/mol. The number of imide groups is 1. The summed E-state index contributed by atoms with van der Waals surface area (Å²) in [5.41, 5.74) is 3.69. The number of allylic oxidation sites excluding steroid dienone is 2. The maximum Gasteiger partial charge on any atom is 0.249 e. The molecule has 53 heavy (non-hydrogen) atoms. The van der Waals surface area contributed by atoms with E-state index in [1.807, 2.05) is 11.1 Å². The molecule has 3 heterocycles. The first kappa shape index (κ1) is 39.4. The number of carbonyl (C=O) groups is 3. The highest BCUT2D eigenvalue weighted by Crippen LogP contribution is 2.46. The number of hydrogen-bond donors (Lipinski definition) is 3. The zero-order valence-corrected chi connectivity index (χ0v) is 32.9. The Balaban J connectivity index is 0.778. The highest BCUT2D eigenvalue weighted by atomic mass is 16.5. The summed E-state index contributed by atoms with van der Waals surface area (Å²) >= 11 is 0. The number of likely N-dealkylation sites (tertiary alicyclic amines) is 1. The number of rotatable bonds is 13. The molecule has 0 spiro atoms. The Kier molecular flexibility index (Phi) is 14.0. The van der Waals surface area contributed by atoms with Crippen molar-refractivity contribution in [1.29, 1.82) is 0 Å². The first-order valence-electron chi connectivity index (χ1n) is 22.2. The van der Waals surface area contributed by atoms with E-state index in [-0.39, 0.29) is 29.7 Å². The SMILES string of the molecule is CC/C(=C(\C1CCC(O)CC1)C1CCC(OCCN2CCN(CCNC3CCC4C(=O)N(C5CCC(=O)NC5=O)CC4C3)CC2)CC1)C1CCCCC1. The van der Waals surface area contributed by atoms with Crippen LogP contribution in [0.25, 0.3) is 0 Å². The Morgan fingerprint density at radius 2 is 1.47 bits per heavy atom. The third-order valence-corrected chi connectivity index (χ3v) is 14.8. The largest absolute Gasteiger partial charge is 0.393 e. The van der Waals surface area contributed by atoms with Crippen molar-refractivity contribution in [3.05, 3.63) is 11.1 Å². The Morgan fingerprint density at radius 1 is 0.792 bits per heavy atom. The zero-order chi connectivity index (χ0) is 36.7. The van der Waals surface area contributed by atoms with Crippen LogP contribution in [0.15, 0.2) is 11.1 Å². The summed E-state index contributed by atoms with van der Waals surface area (Å²) in [6, 6.07) is -0.0551. The van der Waals surface area contributed by atoms with E-state index in [4.69, 9.17) is 4.74 Å². The average molecular weight is 738 g/mol. The molecule has 4 atom stereocenters. The van der Waals surface area contributed by atoms with Crippen LogP contribution in [0.2, 0.25) is 0 Å². The van der Waals surface area contributed by atoms with Crippen LogP contribution in [0.5, 0.6) is 0 Å². The van der Waals surface area contributed by atoms with Crippen LogP contribution in [0.4, 0.5) is 0 Å². The minimum atomic E-state index is -0.480. The van der Waals surface area contributed by atoms with Crippen molar-refractivity contribution in [3.63, 3.8) is 0 Å². The van der Waals surface area contributed by atoms with Crippen molar-refractivity contribution in [2.45, 2.75) is 153 Å². The van der Waals surface area contributed by atoms with E-state index in [9.17, 15) is 19.5 Å². The molecule has 0 aromatic heterocycles. The number of hydrogen-bond acceptors (Lipinski definition) is 8. The fraction of sp³-hybridized carbons (Fsp3) is 0.884. The number of aliphatic hydroxyl groups excluding tert-OH is 1. The molecule has 3 amide bonds. The van der Waals surface area contributed by atoms with E-state index < -0.39 is 6.04 Å². The van der Waals surface area contributed by atoms with Gasteiger partial charge < -0.3 is 20.1 Å². The summed E-state index contributed by atoms with van der Waals surface area (Å²) in [6.45, 7) is 11.4. The minimum absolute atomic E-state index is 0.0309. The van der Waals surface area contributed by atoms with Crippen LogP contribution < -0.4 is 10.6 Å². The molecular weight excluding hydrogens is 667 g/mol. The van der Waals surface area contributed by atoms with Gasteiger partial charge in [-0.1, -0.05) is 37.3 Å². The molecule has 3 N–H and O–H groups in total. The van der Waals surface area contributed by atoms with Gasteiger partial charge in [0.05, 0.1) is 18.8 Å². The van der Waals surface area contributed by atoms with E-state index in [1.54, 1.807) is 4.90 Å². The molecule has 0 aromatic carbocycles. The Labute approximate surface area is 319 Å². The maximum atomic E-state index is 13.1. The summed E-state index contributed by atoms with van der Waals surface area (Å²) in [7, 11) is 0. The molecule has 4 unspecified atom stereocenters. The zero-order valence-electron chi connectivity index (χ0n) is 32.9. The van der Waals surface area contributed by atoms with E-state index in [0.717, 1.165) is 96.4 Å². The van der Waals surface area contributed by atoms with Crippen molar-refractivity contribution in [2.24, 2.45) is 29.6 Å². The van der Waals surface area contributed by atoms with Gasteiger partial charge in [0.15, 0.2) is 0 Å². The average Bonchev–Trinajstić information content (AvgIpc) is 3.50.